The summed E-state index contributed by atoms with van der Waals surface area (Å²) in [7, 11) is -3.37. The summed E-state index contributed by atoms with van der Waals surface area (Å²) in [6.45, 7) is 2.67. The van der Waals surface area contributed by atoms with Gasteiger partial charge in [-0.3, -0.25) is 0 Å². The average Bonchev–Trinajstić information content (AvgIpc) is 2.82. The van der Waals surface area contributed by atoms with E-state index >= 15 is 0 Å². The fourth-order valence-corrected chi connectivity index (χ4v) is 4.64. The molecule has 27 heavy (non-hydrogen) atoms. The Morgan fingerprint density at radius 3 is 2.74 bits per heavy atom. The van der Waals surface area contributed by atoms with E-state index < -0.39 is 10.0 Å². The standard InChI is InChI=1S/C21H27FN2O2S/c1-2-11-27(25,26)24-15-18-13-19-17(14-20(18)22)9-6-10-23-21(19)12-16-7-4-3-5-8-16/h3-5,7-8,13-14,21,23-24H,2,6,9-12,15H2,1H3. The van der Waals surface area contributed by atoms with Gasteiger partial charge in [0.15, 0.2) is 0 Å². The summed E-state index contributed by atoms with van der Waals surface area (Å²) >= 11 is 0. The van der Waals surface area contributed by atoms with E-state index in [1.54, 1.807) is 6.07 Å². The van der Waals surface area contributed by atoms with Crippen LogP contribution in [0.25, 0.3) is 0 Å². The zero-order valence-electron chi connectivity index (χ0n) is 15.7. The smallest absolute Gasteiger partial charge is 0.211 e. The van der Waals surface area contributed by atoms with Gasteiger partial charge in [0.1, 0.15) is 5.82 Å². The number of sulfonamides is 1. The molecule has 6 heteroatoms. The molecule has 0 spiro atoms. The molecule has 0 aliphatic carbocycles. The molecule has 146 valence electrons. The lowest BCUT2D eigenvalue weighted by Crippen LogP contribution is -2.27. The Hall–Kier alpha value is -1.76. The highest BCUT2D eigenvalue weighted by molar-refractivity contribution is 7.89. The maximum absolute atomic E-state index is 14.6. The molecular formula is C21H27FN2O2S. The number of fused-ring (bicyclic) bond motifs is 1. The topological polar surface area (TPSA) is 58.2 Å². The fourth-order valence-electron chi connectivity index (χ4n) is 3.58. The van der Waals surface area contributed by atoms with Crippen molar-refractivity contribution in [3.05, 3.63) is 70.5 Å². The maximum atomic E-state index is 14.6. The molecule has 1 aliphatic heterocycles. The van der Waals surface area contributed by atoms with E-state index in [1.165, 1.54) is 5.56 Å². The number of hydrogen-bond donors (Lipinski definition) is 2. The Kier molecular flexibility index (Phi) is 6.63. The van der Waals surface area contributed by atoms with Crippen molar-refractivity contribution in [3.63, 3.8) is 0 Å². The van der Waals surface area contributed by atoms with Crippen LogP contribution in [0.1, 0.15) is 48.1 Å². The van der Waals surface area contributed by atoms with Gasteiger partial charge in [-0.15, -0.1) is 0 Å². The van der Waals surface area contributed by atoms with Crippen LogP contribution in [-0.4, -0.2) is 20.7 Å². The minimum atomic E-state index is -3.37. The Morgan fingerprint density at radius 1 is 1.22 bits per heavy atom. The van der Waals surface area contributed by atoms with Crippen molar-refractivity contribution in [1.29, 1.82) is 0 Å². The van der Waals surface area contributed by atoms with Crippen molar-refractivity contribution in [2.24, 2.45) is 0 Å². The molecule has 1 heterocycles. The third-order valence-corrected chi connectivity index (χ3v) is 6.47. The molecule has 1 unspecified atom stereocenters. The normalized spacial score (nSPS) is 17.3. The predicted molar refractivity (Wildman–Crippen MR) is 107 cm³/mol. The second-order valence-corrected chi connectivity index (χ2v) is 9.01. The van der Waals surface area contributed by atoms with Crippen molar-refractivity contribution in [2.75, 3.05) is 12.3 Å². The largest absolute Gasteiger partial charge is 0.310 e. The average molecular weight is 391 g/mol. The van der Waals surface area contributed by atoms with Crippen LogP contribution in [0.2, 0.25) is 0 Å². The Bertz CT molecular complexity index is 869. The van der Waals surface area contributed by atoms with E-state index in [-0.39, 0.29) is 24.2 Å². The summed E-state index contributed by atoms with van der Waals surface area (Å²) in [4.78, 5) is 0. The third kappa shape index (κ3) is 5.37. The second-order valence-electron chi connectivity index (χ2n) is 7.08. The first-order valence-electron chi connectivity index (χ1n) is 9.54. The molecule has 4 nitrogen and oxygen atoms in total. The number of hydrogen-bond acceptors (Lipinski definition) is 3. The van der Waals surface area contributed by atoms with Crippen molar-refractivity contribution in [3.8, 4) is 0 Å². The van der Waals surface area contributed by atoms with Gasteiger partial charge in [-0.1, -0.05) is 37.3 Å². The molecule has 2 aromatic carbocycles. The number of halogens is 1. The van der Waals surface area contributed by atoms with Crippen molar-refractivity contribution < 1.29 is 12.8 Å². The van der Waals surface area contributed by atoms with Gasteiger partial charge >= 0.3 is 0 Å². The number of rotatable bonds is 7. The van der Waals surface area contributed by atoms with Crippen molar-refractivity contribution in [1.82, 2.24) is 10.0 Å². The van der Waals surface area contributed by atoms with Gasteiger partial charge < -0.3 is 5.32 Å². The van der Waals surface area contributed by atoms with Crippen LogP contribution in [0.15, 0.2) is 42.5 Å². The number of benzene rings is 2. The summed E-state index contributed by atoms with van der Waals surface area (Å²) in [5.74, 6) is -0.286. The Balaban J connectivity index is 1.86. The molecule has 0 radical (unpaired) electrons. The second kappa shape index (κ2) is 8.95. The van der Waals surface area contributed by atoms with Gasteiger partial charge in [0.25, 0.3) is 0 Å². The molecule has 0 aromatic heterocycles. The highest BCUT2D eigenvalue weighted by Crippen LogP contribution is 2.28. The van der Waals surface area contributed by atoms with Crippen LogP contribution in [0.4, 0.5) is 4.39 Å². The number of aryl methyl sites for hydroxylation is 1. The predicted octanol–water partition coefficient (Wildman–Crippen LogP) is 3.47. The Labute approximate surface area is 161 Å². The van der Waals surface area contributed by atoms with Crippen LogP contribution in [0.5, 0.6) is 0 Å². The van der Waals surface area contributed by atoms with Gasteiger partial charge in [0.05, 0.1) is 5.75 Å². The summed E-state index contributed by atoms with van der Waals surface area (Å²) < 4.78 is 40.9. The Morgan fingerprint density at radius 2 is 2.00 bits per heavy atom. The highest BCUT2D eigenvalue weighted by atomic mass is 32.2. The van der Waals surface area contributed by atoms with Crippen molar-refractivity contribution in [2.45, 2.75) is 45.2 Å². The first-order chi connectivity index (χ1) is 13.0. The van der Waals surface area contributed by atoms with Crippen molar-refractivity contribution >= 4 is 10.0 Å². The zero-order chi connectivity index (χ0) is 19.3. The van der Waals surface area contributed by atoms with E-state index in [4.69, 9.17) is 0 Å². The minimum absolute atomic E-state index is 0.0144. The maximum Gasteiger partial charge on any atom is 0.211 e. The SMILES string of the molecule is CCCS(=O)(=O)NCc1cc2c(cc1F)CCCNC2Cc1ccccc1. The van der Waals surface area contributed by atoms with E-state index in [0.29, 0.717) is 12.0 Å². The van der Waals surface area contributed by atoms with Gasteiger partial charge in [-0.2, -0.15) is 0 Å². The van der Waals surface area contributed by atoms with E-state index in [1.807, 2.05) is 31.2 Å². The molecule has 0 bridgehead atoms. The van der Waals surface area contributed by atoms with Crippen LogP contribution in [0.3, 0.4) is 0 Å². The summed E-state index contributed by atoms with van der Waals surface area (Å²) in [6.07, 6.45) is 3.14. The first kappa shape index (κ1) is 20.0. The lowest BCUT2D eigenvalue weighted by Gasteiger charge is -2.21. The molecule has 0 amide bonds. The van der Waals surface area contributed by atoms with Gasteiger partial charge in [-0.05, 0) is 61.1 Å². The molecule has 2 aromatic rings. The number of nitrogens with one attached hydrogen (secondary N) is 2. The van der Waals surface area contributed by atoms with Gasteiger partial charge in [0, 0.05) is 18.2 Å². The first-order valence-corrected chi connectivity index (χ1v) is 11.2. The molecule has 1 atom stereocenters. The van der Waals surface area contributed by atoms with Gasteiger partial charge in [0.2, 0.25) is 10.0 Å². The van der Waals surface area contributed by atoms with Crippen LogP contribution < -0.4 is 10.0 Å². The molecule has 1 aliphatic rings. The fraction of sp³-hybridized carbons (Fsp3) is 0.429. The van der Waals surface area contributed by atoms with Crippen LogP contribution in [0, 0.1) is 5.82 Å². The quantitative estimate of drug-likeness (QED) is 0.761. The third-order valence-electron chi connectivity index (χ3n) is 4.94. The van der Waals surface area contributed by atoms with E-state index in [2.05, 4.69) is 22.2 Å². The lowest BCUT2D eigenvalue weighted by atomic mass is 9.92. The van der Waals surface area contributed by atoms with E-state index in [0.717, 1.165) is 36.9 Å². The monoisotopic (exact) mass is 390 g/mol. The summed E-state index contributed by atoms with van der Waals surface area (Å²) in [5, 5.41) is 3.56. The summed E-state index contributed by atoms with van der Waals surface area (Å²) in [6, 6.07) is 13.7. The molecule has 0 saturated carbocycles. The molecule has 3 rings (SSSR count). The molecule has 2 N–H and O–H groups in total. The van der Waals surface area contributed by atoms with Crippen LogP contribution >= 0.6 is 0 Å². The zero-order valence-corrected chi connectivity index (χ0v) is 16.5. The van der Waals surface area contributed by atoms with E-state index in [9.17, 15) is 12.8 Å². The molecule has 0 saturated heterocycles. The van der Waals surface area contributed by atoms with Crippen LogP contribution in [-0.2, 0) is 29.4 Å². The summed E-state index contributed by atoms with van der Waals surface area (Å²) in [5.41, 5.74) is 3.70. The highest BCUT2D eigenvalue weighted by Gasteiger charge is 2.21. The minimum Gasteiger partial charge on any atom is -0.310 e. The lowest BCUT2D eigenvalue weighted by molar-refractivity contribution is 0.537. The molecular weight excluding hydrogens is 363 g/mol. The molecule has 0 fully saturated rings. The van der Waals surface area contributed by atoms with Gasteiger partial charge in [-0.25, -0.2) is 17.5 Å².